The second kappa shape index (κ2) is 12.7. The Morgan fingerprint density at radius 1 is 1.03 bits per heavy atom. The van der Waals surface area contributed by atoms with Crippen LogP contribution < -0.4 is 10.6 Å². The minimum atomic E-state index is -4.93. The number of hydrogen-bond donors (Lipinski definition) is 2. The van der Waals surface area contributed by atoms with Crippen LogP contribution in [0, 0.1) is 0 Å². The van der Waals surface area contributed by atoms with E-state index in [0.717, 1.165) is 30.3 Å². The summed E-state index contributed by atoms with van der Waals surface area (Å²) in [6, 6.07) is 4.80. The zero-order valence-electron chi connectivity index (χ0n) is 18.7. The van der Waals surface area contributed by atoms with Gasteiger partial charge in [-0.2, -0.15) is 13.2 Å². The van der Waals surface area contributed by atoms with E-state index in [1.165, 1.54) is 6.92 Å². The van der Waals surface area contributed by atoms with Crippen LogP contribution in [-0.4, -0.2) is 43.4 Å². The maximum atomic E-state index is 14.9. The zero-order valence-corrected chi connectivity index (χ0v) is 21.7. The van der Waals surface area contributed by atoms with E-state index in [0.29, 0.717) is 12.4 Å². The quantitative estimate of drug-likeness (QED) is 0.167. The lowest BCUT2D eigenvalue weighted by Gasteiger charge is -2.25. The molecule has 2 N–H and O–H groups in total. The molecule has 37 heavy (non-hydrogen) atoms. The first kappa shape index (κ1) is 31.2. The number of benzene rings is 2. The average Bonchev–Trinajstić information content (AvgIpc) is 2.79. The monoisotopic (exact) mass is 608 g/mol. The summed E-state index contributed by atoms with van der Waals surface area (Å²) in [5, 5.41) is 3.64. The summed E-state index contributed by atoms with van der Waals surface area (Å²) < 4.78 is 80.8. The SMILES string of the molecule is CC(C=O)(CNCC(F)F)NC(=O)c1ccc(/C(F)=C/C(c2cc(Cl)c(Cl)c(Cl)c2)C(F)(F)F)cc1Cl. The second-order valence-corrected chi connectivity index (χ2v) is 9.64. The third-order valence-electron chi connectivity index (χ3n) is 4.97. The minimum absolute atomic E-state index is 0.159. The summed E-state index contributed by atoms with van der Waals surface area (Å²) in [6.45, 7) is 0.235. The second-order valence-electron chi connectivity index (χ2n) is 8.04. The molecule has 0 aliphatic heterocycles. The van der Waals surface area contributed by atoms with Gasteiger partial charge in [-0.1, -0.05) is 52.5 Å². The Balaban J connectivity index is 2.32. The van der Waals surface area contributed by atoms with Crippen molar-refractivity contribution in [2.24, 2.45) is 0 Å². The van der Waals surface area contributed by atoms with E-state index in [1.807, 2.05) is 0 Å². The fourth-order valence-corrected chi connectivity index (χ4v) is 3.99. The maximum Gasteiger partial charge on any atom is 0.399 e. The van der Waals surface area contributed by atoms with Crippen molar-refractivity contribution >= 4 is 64.4 Å². The highest BCUT2D eigenvalue weighted by Gasteiger charge is 2.40. The van der Waals surface area contributed by atoms with Gasteiger partial charge in [-0.05, 0) is 42.8 Å². The van der Waals surface area contributed by atoms with Crippen LogP contribution in [0.4, 0.5) is 26.3 Å². The standard InChI is InChI=1S/C23H18Cl4F6N2O2/c1-22(10-36,9-34-8-19(29)30)35-21(37)13-3-2-11(4-15(13)24)18(28)7-14(23(31,32)33)12-5-16(25)20(27)17(26)6-12/h2-7,10,14,19,34H,8-9H2,1H3,(H,35,37)/b18-7-. The molecule has 1 amide bonds. The number of aldehydes is 1. The van der Waals surface area contributed by atoms with Crippen molar-refractivity contribution in [1.82, 2.24) is 10.6 Å². The van der Waals surface area contributed by atoms with Gasteiger partial charge in [0.15, 0.2) is 0 Å². The lowest BCUT2D eigenvalue weighted by Crippen LogP contribution is -2.54. The van der Waals surface area contributed by atoms with Crippen LogP contribution in [0.3, 0.4) is 0 Å². The van der Waals surface area contributed by atoms with E-state index in [1.54, 1.807) is 0 Å². The van der Waals surface area contributed by atoms with Crippen molar-refractivity contribution in [3.8, 4) is 0 Å². The number of rotatable bonds is 10. The van der Waals surface area contributed by atoms with Crippen LogP contribution in [0.5, 0.6) is 0 Å². The highest BCUT2D eigenvalue weighted by Crippen LogP contribution is 2.42. The lowest BCUT2D eigenvalue weighted by atomic mass is 9.96. The first-order chi connectivity index (χ1) is 17.1. The Kier molecular flexibility index (Phi) is 10.7. The van der Waals surface area contributed by atoms with Crippen molar-refractivity contribution in [2.75, 3.05) is 13.1 Å². The first-order valence-electron chi connectivity index (χ1n) is 10.2. The van der Waals surface area contributed by atoms with Gasteiger partial charge in [0.05, 0.1) is 32.2 Å². The molecule has 2 atom stereocenters. The van der Waals surface area contributed by atoms with Gasteiger partial charge >= 0.3 is 6.18 Å². The first-order valence-corrected chi connectivity index (χ1v) is 11.7. The van der Waals surface area contributed by atoms with Gasteiger partial charge in [-0.3, -0.25) is 4.79 Å². The summed E-state index contributed by atoms with van der Waals surface area (Å²) in [7, 11) is 0. The Morgan fingerprint density at radius 2 is 1.62 bits per heavy atom. The molecule has 2 rings (SSSR count). The largest absolute Gasteiger partial charge is 0.399 e. The molecule has 0 bridgehead atoms. The molecule has 0 aliphatic rings. The molecule has 2 aromatic rings. The number of nitrogens with one attached hydrogen (secondary N) is 2. The van der Waals surface area contributed by atoms with E-state index >= 15 is 0 Å². The minimum Gasteiger partial charge on any atom is -0.339 e. The summed E-state index contributed by atoms with van der Waals surface area (Å²) >= 11 is 23.5. The van der Waals surface area contributed by atoms with Gasteiger partial charge in [0, 0.05) is 12.1 Å². The molecule has 0 aliphatic carbocycles. The van der Waals surface area contributed by atoms with E-state index in [4.69, 9.17) is 46.4 Å². The molecule has 0 heterocycles. The maximum absolute atomic E-state index is 14.9. The molecular formula is C23H18Cl4F6N2O2. The van der Waals surface area contributed by atoms with Gasteiger partial charge < -0.3 is 15.4 Å². The molecule has 202 valence electrons. The van der Waals surface area contributed by atoms with Crippen LogP contribution in [0.1, 0.15) is 34.3 Å². The third-order valence-corrected chi connectivity index (χ3v) is 6.48. The molecule has 0 radical (unpaired) electrons. The Hall–Kier alpha value is -1.98. The number of amides is 1. The normalized spacial score (nSPS) is 14.9. The van der Waals surface area contributed by atoms with E-state index in [2.05, 4.69) is 10.6 Å². The van der Waals surface area contributed by atoms with Crippen LogP contribution in [0.2, 0.25) is 20.1 Å². The van der Waals surface area contributed by atoms with Crippen molar-refractivity contribution in [3.63, 3.8) is 0 Å². The molecule has 0 saturated carbocycles. The van der Waals surface area contributed by atoms with Gasteiger partial charge in [0.2, 0.25) is 0 Å². The lowest BCUT2D eigenvalue weighted by molar-refractivity contribution is -0.139. The summed E-state index contributed by atoms with van der Waals surface area (Å²) in [5.74, 6) is -4.66. The number of carbonyl (C=O) groups excluding carboxylic acids is 2. The highest BCUT2D eigenvalue weighted by atomic mass is 35.5. The molecule has 14 heteroatoms. The summed E-state index contributed by atoms with van der Waals surface area (Å²) in [6.07, 6.45) is -6.98. The van der Waals surface area contributed by atoms with Gasteiger partial charge in [-0.15, -0.1) is 0 Å². The van der Waals surface area contributed by atoms with Gasteiger partial charge in [0.1, 0.15) is 23.6 Å². The summed E-state index contributed by atoms with van der Waals surface area (Å²) in [4.78, 5) is 24.0. The predicted octanol–water partition coefficient (Wildman–Crippen LogP) is 7.50. The van der Waals surface area contributed by atoms with Crippen LogP contribution >= 0.6 is 46.4 Å². The van der Waals surface area contributed by atoms with Crippen molar-refractivity contribution in [3.05, 3.63) is 73.2 Å². The fourth-order valence-electron chi connectivity index (χ4n) is 3.11. The van der Waals surface area contributed by atoms with Crippen molar-refractivity contribution in [1.29, 1.82) is 0 Å². The molecule has 0 spiro atoms. The predicted molar refractivity (Wildman–Crippen MR) is 132 cm³/mol. The smallest absolute Gasteiger partial charge is 0.339 e. The molecular weight excluding hydrogens is 592 g/mol. The van der Waals surface area contributed by atoms with Crippen LogP contribution in [0.15, 0.2) is 36.4 Å². The summed E-state index contributed by atoms with van der Waals surface area (Å²) in [5.41, 5.74) is -2.65. The third kappa shape index (κ3) is 8.51. The topological polar surface area (TPSA) is 58.2 Å². The van der Waals surface area contributed by atoms with Crippen LogP contribution in [-0.2, 0) is 4.79 Å². The van der Waals surface area contributed by atoms with Crippen molar-refractivity contribution < 1.29 is 35.9 Å². The molecule has 2 unspecified atom stereocenters. The number of hydrogen-bond acceptors (Lipinski definition) is 3. The van der Waals surface area contributed by atoms with Crippen molar-refractivity contribution in [2.45, 2.75) is 31.0 Å². The Labute approximate surface area is 227 Å². The van der Waals surface area contributed by atoms with E-state index in [-0.39, 0.29) is 37.8 Å². The number of allylic oxidation sites excluding steroid dienone is 1. The van der Waals surface area contributed by atoms with E-state index < -0.39 is 47.9 Å². The number of halogens is 10. The van der Waals surface area contributed by atoms with Crippen LogP contribution in [0.25, 0.3) is 5.83 Å². The fraction of sp³-hybridized carbons (Fsp3) is 0.304. The van der Waals surface area contributed by atoms with E-state index in [9.17, 15) is 35.9 Å². The molecule has 2 aromatic carbocycles. The molecule has 0 aromatic heterocycles. The highest BCUT2D eigenvalue weighted by molar-refractivity contribution is 6.48. The number of carbonyl (C=O) groups is 2. The molecule has 4 nitrogen and oxygen atoms in total. The Bertz CT molecular complexity index is 1170. The molecule has 0 saturated heterocycles. The molecule has 0 fully saturated rings. The average molecular weight is 610 g/mol. The Morgan fingerprint density at radius 3 is 2.11 bits per heavy atom. The number of alkyl halides is 5. The van der Waals surface area contributed by atoms with Gasteiger partial charge in [0.25, 0.3) is 12.3 Å². The zero-order chi connectivity index (χ0) is 28.1. The van der Waals surface area contributed by atoms with Gasteiger partial charge in [-0.25, -0.2) is 13.2 Å².